The molecule has 0 spiro atoms. The molecule has 1 aromatic heterocycles. The molecule has 2 heterocycles. The third-order valence-electron chi connectivity index (χ3n) is 5.09. The van der Waals surface area contributed by atoms with Gasteiger partial charge in [-0.1, -0.05) is 6.07 Å². The van der Waals surface area contributed by atoms with Crippen molar-refractivity contribution < 1.29 is 18.0 Å². The van der Waals surface area contributed by atoms with Gasteiger partial charge in [0.2, 0.25) is 5.91 Å². The van der Waals surface area contributed by atoms with E-state index in [9.17, 15) is 18.0 Å². The molecule has 0 saturated carbocycles. The summed E-state index contributed by atoms with van der Waals surface area (Å²) >= 11 is 0. The molecule has 2 N–H and O–H groups in total. The molecule has 0 radical (unpaired) electrons. The van der Waals surface area contributed by atoms with Crippen LogP contribution in [-0.4, -0.2) is 23.6 Å². The topological polar surface area (TPSA) is 51.3 Å². The van der Waals surface area contributed by atoms with Crippen LogP contribution in [0.4, 0.5) is 18.9 Å². The fourth-order valence-electron chi connectivity index (χ4n) is 3.49. The molecular weight excluding hydrogens is 355 g/mol. The van der Waals surface area contributed by atoms with E-state index in [-0.39, 0.29) is 11.8 Å². The van der Waals surface area contributed by atoms with Crippen LogP contribution in [0.15, 0.2) is 48.7 Å². The molecule has 0 atom stereocenters. The molecule has 1 fully saturated rings. The molecule has 0 unspecified atom stereocenters. The molecule has 0 bridgehead atoms. The van der Waals surface area contributed by atoms with Crippen molar-refractivity contribution in [3.05, 3.63) is 59.8 Å². The Kier molecular flexibility index (Phi) is 3.91. The van der Waals surface area contributed by atoms with E-state index in [1.807, 2.05) is 35.0 Å². The van der Waals surface area contributed by atoms with Crippen molar-refractivity contribution in [1.82, 2.24) is 4.57 Å². The molecule has 1 saturated heterocycles. The van der Waals surface area contributed by atoms with Gasteiger partial charge in [0.25, 0.3) is 0 Å². The normalized spacial score (nSPS) is 15.2. The van der Waals surface area contributed by atoms with Crippen LogP contribution in [-0.2, 0) is 11.0 Å². The van der Waals surface area contributed by atoms with Gasteiger partial charge in [0.05, 0.1) is 17.0 Å². The summed E-state index contributed by atoms with van der Waals surface area (Å²) in [6.07, 6.45) is -2.52. The number of anilines is 1. The van der Waals surface area contributed by atoms with Gasteiger partial charge in [-0.05, 0) is 48.9 Å². The van der Waals surface area contributed by atoms with Gasteiger partial charge in [-0.25, -0.2) is 0 Å². The van der Waals surface area contributed by atoms with Gasteiger partial charge in [-0.3, -0.25) is 4.79 Å². The summed E-state index contributed by atoms with van der Waals surface area (Å²) in [5.74, 6) is -0.431. The molecule has 140 valence electrons. The first-order valence-electron chi connectivity index (χ1n) is 8.57. The highest BCUT2D eigenvalue weighted by molar-refractivity contribution is 5.86. The number of nitrogens with zero attached hydrogens (tertiary/aromatic N) is 2. The smallest absolute Gasteiger partial charge is 0.370 e. The lowest BCUT2D eigenvalue weighted by Gasteiger charge is -2.39. The zero-order valence-electron chi connectivity index (χ0n) is 14.6. The van der Waals surface area contributed by atoms with Crippen molar-refractivity contribution in [2.45, 2.75) is 13.1 Å². The Hall–Kier alpha value is -2.96. The number of aromatic nitrogens is 1. The molecule has 4 nitrogen and oxygen atoms in total. The highest BCUT2D eigenvalue weighted by Crippen LogP contribution is 2.34. The number of nitrogens with two attached hydrogens (primary N) is 1. The number of fused-ring (bicyclic) bond motifs is 1. The number of carbonyl (C=O) groups excluding carboxylic acids is 1. The van der Waals surface area contributed by atoms with Crippen molar-refractivity contribution >= 4 is 22.5 Å². The number of halogens is 3. The molecule has 4 rings (SSSR count). The molecule has 0 aliphatic carbocycles. The molecule has 1 amide bonds. The number of hydrogen-bond donors (Lipinski definition) is 1. The average molecular weight is 373 g/mol. The standard InChI is InChI=1S/C20H18F3N3O/c1-12-9-26(18-6-5-14(7-17(12)18)20(21,22)23)16-4-2-3-15(8-16)25-10-13(11-25)19(24)27/h2-9,13H,10-11H2,1H3,(H2,24,27). The highest BCUT2D eigenvalue weighted by Gasteiger charge is 2.32. The maximum atomic E-state index is 13.0. The second-order valence-electron chi connectivity index (χ2n) is 6.94. The summed E-state index contributed by atoms with van der Waals surface area (Å²) in [7, 11) is 0. The van der Waals surface area contributed by atoms with Crippen LogP contribution in [0.5, 0.6) is 0 Å². The largest absolute Gasteiger partial charge is 0.416 e. The number of aryl methyl sites for hydroxylation is 1. The van der Waals surface area contributed by atoms with Gasteiger partial charge in [-0.15, -0.1) is 0 Å². The third-order valence-corrected chi connectivity index (χ3v) is 5.09. The van der Waals surface area contributed by atoms with Crippen LogP contribution in [0, 0.1) is 12.8 Å². The van der Waals surface area contributed by atoms with Crippen molar-refractivity contribution in [1.29, 1.82) is 0 Å². The monoisotopic (exact) mass is 373 g/mol. The molecule has 27 heavy (non-hydrogen) atoms. The minimum absolute atomic E-state index is 0.135. The van der Waals surface area contributed by atoms with E-state index in [4.69, 9.17) is 5.73 Å². The number of alkyl halides is 3. The maximum absolute atomic E-state index is 13.0. The summed E-state index contributed by atoms with van der Waals surface area (Å²) < 4.78 is 40.9. The number of amides is 1. The third kappa shape index (κ3) is 3.03. The minimum atomic E-state index is -4.36. The van der Waals surface area contributed by atoms with Crippen LogP contribution in [0.2, 0.25) is 0 Å². The SMILES string of the molecule is Cc1cn(-c2cccc(N3CC(C(N)=O)C3)c2)c2ccc(C(F)(F)F)cc12. The number of rotatable bonds is 3. The number of primary amides is 1. The Balaban J connectivity index is 1.71. The Morgan fingerprint density at radius 2 is 1.81 bits per heavy atom. The summed E-state index contributed by atoms with van der Waals surface area (Å²) in [4.78, 5) is 13.3. The van der Waals surface area contributed by atoms with Crippen LogP contribution >= 0.6 is 0 Å². The Morgan fingerprint density at radius 1 is 1.11 bits per heavy atom. The Bertz CT molecular complexity index is 1030. The first-order valence-corrected chi connectivity index (χ1v) is 8.57. The van der Waals surface area contributed by atoms with Crippen LogP contribution in [0.3, 0.4) is 0 Å². The predicted octanol–water partition coefficient (Wildman–Crippen LogP) is 3.88. The van der Waals surface area contributed by atoms with E-state index in [1.54, 1.807) is 6.92 Å². The van der Waals surface area contributed by atoms with Crippen LogP contribution in [0.25, 0.3) is 16.6 Å². The van der Waals surface area contributed by atoms with Crippen molar-refractivity contribution in [3.63, 3.8) is 0 Å². The van der Waals surface area contributed by atoms with E-state index < -0.39 is 11.7 Å². The van der Waals surface area contributed by atoms with Crippen LogP contribution in [0.1, 0.15) is 11.1 Å². The fourth-order valence-corrected chi connectivity index (χ4v) is 3.49. The number of hydrogen-bond acceptors (Lipinski definition) is 2. The Labute approximate surface area is 154 Å². The van der Waals surface area contributed by atoms with Gasteiger partial charge in [-0.2, -0.15) is 13.2 Å². The lowest BCUT2D eigenvalue weighted by molar-refractivity contribution is -0.137. The molecule has 2 aromatic carbocycles. The highest BCUT2D eigenvalue weighted by atomic mass is 19.4. The van der Waals surface area contributed by atoms with E-state index in [2.05, 4.69) is 4.90 Å². The molecular formula is C20H18F3N3O. The van der Waals surface area contributed by atoms with Gasteiger partial charge in [0.15, 0.2) is 0 Å². The minimum Gasteiger partial charge on any atom is -0.370 e. The quantitative estimate of drug-likeness (QED) is 0.758. The average Bonchev–Trinajstić information content (AvgIpc) is 2.89. The summed E-state index contributed by atoms with van der Waals surface area (Å²) in [5.41, 5.74) is 7.97. The fraction of sp³-hybridized carbons (Fsp3) is 0.250. The summed E-state index contributed by atoms with van der Waals surface area (Å²) in [6.45, 7) is 2.97. The van der Waals surface area contributed by atoms with Crippen LogP contribution < -0.4 is 10.6 Å². The van der Waals surface area contributed by atoms with E-state index >= 15 is 0 Å². The first-order chi connectivity index (χ1) is 12.7. The van der Waals surface area contributed by atoms with Gasteiger partial charge in [0.1, 0.15) is 0 Å². The van der Waals surface area contributed by atoms with Gasteiger partial charge >= 0.3 is 6.18 Å². The summed E-state index contributed by atoms with van der Waals surface area (Å²) in [6, 6.07) is 11.5. The number of benzene rings is 2. The van der Waals surface area contributed by atoms with E-state index in [0.717, 1.165) is 28.5 Å². The first kappa shape index (κ1) is 17.5. The molecule has 1 aliphatic rings. The molecule has 1 aliphatic heterocycles. The second kappa shape index (κ2) is 6.04. The van der Waals surface area contributed by atoms with Gasteiger partial charge < -0.3 is 15.2 Å². The maximum Gasteiger partial charge on any atom is 0.416 e. The number of carbonyl (C=O) groups is 1. The van der Waals surface area contributed by atoms with E-state index in [1.165, 1.54) is 12.1 Å². The molecule has 3 aromatic rings. The summed E-state index contributed by atoms with van der Waals surface area (Å²) in [5, 5.41) is 0.577. The Morgan fingerprint density at radius 3 is 2.48 bits per heavy atom. The zero-order valence-corrected chi connectivity index (χ0v) is 14.6. The lowest BCUT2D eigenvalue weighted by Crippen LogP contribution is -2.52. The molecule has 7 heteroatoms. The van der Waals surface area contributed by atoms with Crippen molar-refractivity contribution in [2.24, 2.45) is 11.7 Å². The zero-order chi connectivity index (χ0) is 19.3. The second-order valence-corrected chi connectivity index (χ2v) is 6.94. The van der Waals surface area contributed by atoms with Crippen molar-refractivity contribution in [2.75, 3.05) is 18.0 Å². The van der Waals surface area contributed by atoms with Gasteiger partial charge in [0, 0.05) is 36.0 Å². The van der Waals surface area contributed by atoms with Crippen molar-refractivity contribution in [3.8, 4) is 5.69 Å². The lowest BCUT2D eigenvalue weighted by atomic mass is 9.98. The predicted molar refractivity (Wildman–Crippen MR) is 97.9 cm³/mol. The van der Waals surface area contributed by atoms with E-state index in [0.29, 0.717) is 18.5 Å².